The van der Waals surface area contributed by atoms with E-state index in [1.54, 1.807) is 0 Å². The Labute approximate surface area is 105 Å². The molecule has 1 heterocycles. The van der Waals surface area contributed by atoms with Gasteiger partial charge in [-0.1, -0.05) is 32.4 Å². The van der Waals surface area contributed by atoms with Gasteiger partial charge in [-0.05, 0) is 36.5 Å². The molecular weight excluding hydrogens is 208 g/mol. The fourth-order valence-electron chi connectivity index (χ4n) is 2.57. The number of hydrogen-bond acceptors (Lipinski definition) is 2. The summed E-state index contributed by atoms with van der Waals surface area (Å²) >= 11 is 0. The number of nitrogens with two attached hydrogens (primary N) is 1. The van der Waals surface area contributed by atoms with Crippen molar-refractivity contribution in [1.29, 1.82) is 0 Å². The Bertz CT molecular complexity index is 344. The predicted molar refractivity (Wildman–Crippen MR) is 74.3 cm³/mol. The number of benzene rings is 1. The highest BCUT2D eigenvalue weighted by Gasteiger charge is 2.20. The summed E-state index contributed by atoms with van der Waals surface area (Å²) in [5.74, 6) is 0.882. The second kappa shape index (κ2) is 5.54. The lowest BCUT2D eigenvalue weighted by atomic mass is 10.1. The van der Waals surface area contributed by atoms with Crippen molar-refractivity contribution in [2.24, 2.45) is 11.7 Å². The molecule has 2 rings (SSSR count). The van der Waals surface area contributed by atoms with E-state index in [4.69, 9.17) is 5.73 Å². The van der Waals surface area contributed by atoms with E-state index in [1.807, 2.05) is 0 Å². The van der Waals surface area contributed by atoms with Gasteiger partial charge in [-0.15, -0.1) is 0 Å². The Hall–Kier alpha value is -1.02. The zero-order valence-electron chi connectivity index (χ0n) is 11.0. The molecule has 0 radical (unpaired) electrons. The number of rotatable bonds is 4. The van der Waals surface area contributed by atoms with Gasteiger partial charge in [-0.3, -0.25) is 0 Å². The fraction of sp³-hybridized carbons (Fsp3) is 0.600. The minimum atomic E-state index is 0.186. The molecule has 1 aromatic carbocycles. The average molecular weight is 232 g/mol. The normalized spacial score (nSPS) is 21.8. The summed E-state index contributed by atoms with van der Waals surface area (Å²) < 4.78 is 0. The molecule has 2 N–H and O–H groups in total. The van der Waals surface area contributed by atoms with Gasteiger partial charge >= 0.3 is 0 Å². The van der Waals surface area contributed by atoms with Crippen LogP contribution in [-0.2, 0) is 0 Å². The molecule has 0 aliphatic carbocycles. The molecule has 2 atom stereocenters. The maximum absolute atomic E-state index is 6.03. The zero-order chi connectivity index (χ0) is 12.3. The maximum Gasteiger partial charge on any atom is 0.0366 e. The third-order valence-corrected chi connectivity index (χ3v) is 3.99. The van der Waals surface area contributed by atoms with E-state index < -0.39 is 0 Å². The molecule has 1 fully saturated rings. The summed E-state index contributed by atoms with van der Waals surface area (Å²) in [7, 11) is 0. The van der Waals surface area contributed by atoms with Crippen molar-refractivity contribution >= 4 is 5.69 Å². The van der Waals surface area contributed by atoms with Crippen molar-refractivity contribution in [2.75, 3.05) is 18.0 Å². The van der Waals surface area contributed by atoms with Crippen LogP contribution in [0.15, 0.2) is 24.3 Å². The van der Waals surface area contributed by atoms with E-state index in [2.05, 4.69) is 43.0 Å². The lowest BCUT2D eigenvalue weighted by Crippen LogP contribution is -2.19. The van der Waals surface area contributed by atoms with E-state index in [0.717, 1.165) is 12.3 Å². The Kier molecular flexibility index (Phi) is 4.06. The van der Waals surface area contributed by atoms with Crippen LogP contribution in [0.2, 0.25) is 0 Å². The molecular formula is C15H24N2. The highest BCUT2D eigenvalue weighted by molar-refractivity contribution is 5.48. The maximum atomic E-state index is 6.03. The standard InChI is InChI=1S/C15H24N2/c1-3-12-9-10-17(11-12)14-7-5-13(6-8-14)15(16)4-2/h5-8,12,15H,3-4,9-11,16H2,1-2H3/t12?,15-/m0/s1. The van der Waals surface area contributed by atoms with Crippen molar-refractivity contribution in [3.63, 3.8) is 0 Å². The van der Waals surface area contributed by atoms with Gasteiger partial charge in [0, 0.05) is 24.8 Å². The summed E-state index contributed by atoms with van der Waals surface area (Å²) in [6.45, 7) is 6.84. The molecule has 1 saturated heterocycles. The van der Waals surface area contributed by atoms with Gasteiger partial charge in [0.05, 0.1) is 0 Å². The second-order valence-corrected chi connectivity index (χ2v) is 5.12. The Balaban J connectivity index is 2.03. The van der Waals surface area contributed by atoms with Crippen LogP contribution in [0.4, 0.5) is 5.69 Å². The molecule has 2 nitrogen and oxygen atoms in total. The summed E-state index contributed by atoms with van der Waals surface area (Å²) in [5.41, 5.74) is 8.63. The first-order valence-corrected chi connectivity index (χ1v) is 6.85. The molecule has 0 bridgehead atoms. The molecule has 1 unspecified atom stereocenters. The minimum absolute atomic E-state index is 0.186. The van der Waals surface area contributed by atoms with Gasteiger partial charge in [0.15, 0.2) is 0 Å². The largest absolute Gasteiger partial charge is 0.371 e. The molecule has 0 aromatic heterocycles. The van der Waals surface area contributed by atoms with Crippen LogP contribution in [0.3, 0.4) is 0 Å². The quantitative estimate of drug-likeness (QED) is 0.862. The topological polar surface area (TPSA) is 29.3 Å². The summed E-state index contributed by atoms with van der Waals surface area (Å²) in [4.78, 5) is 2.50. The number of nitrogens with zero attached hydrogens (tertiary/aromatic N) is 1. The van der Waals surface area contributed by atoms with E-state index in [9.17, 15) is 0 Å². The van der Waals surface area contributed by atoms with Crippen molar-refractivity contribution in [3.8, 4) is 0 Å². The summed E-state index contributed by atoms with van der Waals surface area (Å²) in [6.07, 6.45) is 3.64. The molecule has 1 aliphatic rings. The SMILES string of the molecule is CCC1CCN(c2ccc([C@@H](N)CC)cc2)C1. The third-order valence-electron chi connectivity index (χ3n) is 3.99. The van der Waals surface area contributed by atoms with Crippen molar-refractivity contribution < 1.29 is 0 Å². The first-order chi connectivity index (χ1) is 8.24. The molecule has 94 valence electrons. The van der Waals surface area contributed by atoms with Crippen LogP contribution in [0, 0.1) is 5.92 Å². The van der Waals surface area contributed by atoms with Crippen LogP contribution < -0.4 is 10.6 Å². The highest BCUT2D eigenvalue weighted by atomic mass is 15.1. The lowest BCUT2D eigenvalue weighted by Gasteiger charge is -2.19. The average Bonchev–Trinajstić information content (AvgIpc) is 2.87. The van der Waals surface area contributed by atoms with Gasteiger partial charge in [-0.25, -0.2) is 0 Å². The van der Waals surface area contributed by atoms with Gasteiger partial charge in [0.2, 0.25) is 0 Å². The molecule has 2 heteroatoms. The van der Waals surface area contributed by atoms with Crippen LogP contribution >= 0.6 is 0 Å². The smallest absolute Gasteiger partial charge is 0.0366 e. The van der Waals surface area contributed by atoms with E-state index >= 15 is 0 Å². The van der Waals surface area contributed by atoms with Crippen LogP contribution in [0.5, 0.6) is 0 Å². The van der Waals surface area contributed by atoms with Crippen LogP contribution in [0.1, 0.15) is 44.7 Å². The second-order valence-electron chi connectivity index (χ2n) is 5.12. The lowest BCUT2D eigenvalue weighted by molar-refractivity contribution is 0.569. The fourth-order valence-corrected chi connectivity index (χ4v) is 2.57. The molecule has 1 aromatic rings. The van der Waals surface area contributed by atoms with E-state index in [-0.39, 0.29) is 6.04 Å². The van der Waals surface area contributed by atoms with Crippen molar-refractivity contribution in [3.05, 3.63) is 29.8 Å². The predicted octanol–water partition coefficient (Wildman–Crippen LogP) is 3.33. The first-order valence-electron chi connectivity index (χ1n) is 6.85. The van der Waals surface area contributed by atoms with E-state index in [0.29, 0.717) is 0 Å². The summed E-state index contributed by atoms with van der Waals surface area (Å²) in [6, 6.07) is 9.00. The van der Waals surface area contributed by atoms with E-state index in [1.165, 1.54) is 37.2 Å². The number of anilines is 1. The molecule has 1 aliphatic heterocycles. The minimum Gasteiger partial charge on any atom is -0.371 e. The monoisotopic (exact) mass is 232 g/mol. The zero-order valence-corrected chi connectivity index (χ0v) is 11.0. The molecule has 0 spiro atoms. The molecule has 17 heavy (non-hydrogen) atoms. The summed E-state index contributed by atoms with van der Waals surface area (Å²) in [5, 5.41) is 0. The third kappa shape index (κ3) is 2.81. The van der Waals surface area contributed by atoms with Gasteiger partial charge in [-0.2, -0.15) is 0 Å². The van der Waals surface area contributed by atoms with Crippen LogP contribution in [-0.4, -0.2) is 13.1 Å². The molecule has 0 amide bonds. The van der Waals surface area contributed by atoms with Crippen molar-refractivity contribution in [1.82, 2.24) is 0 Å². The Morgan fingerprint density at radius 1 is 1.29 bits per heavy atom. The first kappa shape index (κ1) is 12.4. The Morgan fingerprint density at radius 2 is 2.00 bits per heavy atom. The number of hydrogen-bond donors (Lipinski definition) is 1. The highest BCUT2D eigenvalue weighted by Crippen LogP contribution is 2.26. The Morgan fingerprint density at radius 3 is 2.53 bits per heavy atom. The van der Waals surface area contributed by atoms with Crippen LogP contribution in [0.25, 0.3) is 0 Å². The van der Waals surface area contributed by atoms with Gasteiger partial charge in [0.25, 0.3) is 0 Å². The molecule has 0 saturated carbocycles. The van der Waals surface area contributed by atoms with Crippen molar-refractivity contribution in [2.45, 2.75) is 39.2 Å². The van der Waals surface area contributed by atoms with Gasteiger partial charge < -0.3 is 10.6 Å². The van der Waals surface area contributed by atoms with Gasteiger partial charge in [0.1, 0.15) is 0 Å².